The molecule has 0 radical (unpaired) electrons. The fourth-order valence-electron chi connectivity index (χ4n) is 1.65. The van der Waals surface area contributed by atoms with Gasteiger partial charge in [-0.3, -0.25) is 0 Å². The lowest BCUT2D eigenvalue weighted by molar-refractivity contribution is 0.937. The van der Waals surface area contributed by atoms with Crippen molar-refractivity contribution in [1.29, 1.82) is 0 Å². The fourth-order valence-corrected chi connectivity index (χ4v) is 2.84. The average molecular weight is 268 g/mol. The number of hydrogen-bond donors (Lipinski definition) is 1. The van der Waals surface area contributed by atoms with E-state index in [-0.39, 0.29) is 0 Å². The summed E-state index contributed by atoms with van der Waals surface area (Å²) in [6.45, 7) is 4.06. The Morgan fingerprint density at radius 1 is 1.41 bits per heavy atom. The first-order chi connectivity index (χ1) is 8.17. The average Bonchev–Trinajstić information content (AvgIpc) is 2.76. The van der Waals surface area contributed by atoms with Crippen molar-refractivity contribution in [2.75, 3.05) is 12.4 Å². The molecule has 17 heavy (non-hydrogen) atoms. The monoisotopic (exact) mass is 267 g/mol. The van der Waals surface area contributed by atoms with Gasteiger partial charge in [0.05, 0.1) is 15.6 Å². The molecule has 0 fully saturated rings. The molecule has 2 heterocycles. The van der Waals surface area contributed by atoms with Gasteiger partial charge in [-0.15, -0.1) is 11.3 Å². The molecule has 3 nitrogen and oxygen atoms in total. The summed E-state index contributed by atoms with van der Waals surface area (Å²) >= 11 is 7.77. The zero-order valence-corrected chi connectivity index (χ0v) is 11.6. The lowest BCUT2D eigenvalue weighted by Gasteiger charge is -2.10. The summed E-state index contributed by atoms with van der Waals surface area (Å²) < 4.78 is 0. The van der Waals surface area contributed by atoms with E-state index in [1.165, 1.54) is 0 Å². The molecule has 2 rings (SSSR count). The van der Waals surface area contributed by atoms with Gasteiger partial charge in [-0.05, 0) is 18.4 Å². The van der Waals surface area contributed by atoms with Crippen LogP contribution in [0.1, 0.15) is 18.3 Å². The van der Waals surface area contributed by atoms with Crippen LogP contribution < -0.4 is 5.32 Å². The van der Waals surface area contributed by atoms with E-state index < -0.39 is 0 Å². The van der Waals surface area contributed by atoms with Gasteiger partial charge in [0, 0.05) is 19.0 Å². The van der Waals surface area contributed by atoms with Gasteiger partial charge in [-0.25, -0.2) is 9.97 Å². The Labute approximate surface area is 110 Å². The van der Waals surface area contributed by atoms with Crippen molar-refractivity contribution < 1.29 is 0 Å². The first kappa shape index (κ1) is 12.3. The Morgan fingerprint density at radius 3 is 2.71 bits per heavy atom. The quantitative estimate of drug-likeness (QED) is 0.920. The van der Waals surface area contributed by atoms with Crippen molar-refractivity contribution in [1.82, 2.24) is 9.97 Å². The Balaban J connectivity index is 2.64. The van der Waals surface area contributed by atoms with Crippen LogP contribution >= 0.6 is 22.9 Å². The second kappa shape index (κ2) is 5.02. The van der Waals surface area contributed by atoms with E-state index in [2.05, 4.69) is 15.3 Å². The molecule has 2 aromatic rings. The van der Waals surface area contributed by atoms with Crippen LogP contribution in [-0.4, -0.2) is 17.0 Å². The molecule has 0 atom stereocenters. The molecule has 0 unspecified atom stereocenters. The Bertz CT molecular complexity index is 537. The molecule has 1 N–H and O–H groups in total. The van der Waals surface area contributed by atoms with Gasteiger partial charge in [0.25, 0.3) is 0 Å². The molecule has 0 bridgehead atoms. The first-order valence-electron chi connectivity index (χ1n) is 5.46. The summed E-state index contributed by atoms with van der Waals surface area (Å²) in [5.74, 6) is 1.70. The lowest BCUT2D eigenvalue weighted by atomic mass is 10.2. The highest BCUT2D eigenvalue weighted by Crippen LogP contribution is 2.35. The van der Waals surface area contributed by atoms with E-state index in [9.17, 15) is 0 Å². The van der Waals surface area contributed by atoms with Gasteiger partial charge >= 0.3 is 0 Å². The van der Waals surface area contributed by atoms with Gasteiger partial charge in [0.15, 0.2) is 0 Å². The first-order valence-corrected chi connectivity index (χ1v) is 6.71. The third-order valence-electron chi connectivity index (χ3n) is 2.58. The van der Waals surface area contributed by atoms with E-state index in [4.69, 9.17) is 11.6 Å². The van der Waals surface area contributed by atoms with Crippen molar-refractivity contribution in [3.63, 3.8) is 0 Å². The number of halogens is 1. The number of thiophene rings is 1. The number of rotatable bonds is 3. The molecule has 0 saturated carbocycles. The standard InChI is InChI=1S/C12H14ClN3S/c1-4-9-15-10(7(2)12(14-3)16-9)11-8(13)5-6-17-11/h5-6H,4H2,1-3H3,(H,14,15,16). The molecule has 0 aliphatic heterocycles. The van der Waals surface area contributed by atoms with E-state index in [0.717, 1.165) is 39.2 Å². The summed E-state index contributed by atoms with van der Waals surface area (Å²) in [6, 6.07) is 1.90. The maximum absolute atomic E-state index is 6.17. The topological polar surface area (TPSA) is 37.8 Å². The smallest absolute Gasteiger partial charge is 0.133 e. The normalized spacial score (nSPS) is 10.6. The molecular formula is C12H14ClN3S. The maximum Gasteiger partial charge on any atom is 0.133 e. The summed E-state index contributed by atoms with van der Waals surface area (Å²) in [6.07, 6.45) is 0.810. The molecule has 5 heteroatoms. The Morgan fingerprint density at radius 2 is 2.18 bits per heavy atom. The maximum atomic E-state index is 6.17. The lowest BCUT2D eigenvalue weighted by Crippen LogP contribution is -2.04. The molecule has 2 aromatic heterocycles. The van der Waals surface area contributed by atoms with Crippen molar-refractivity contribution in [2.24, 2.45) is 0 Å². The second-order valence-electron chi connectivity index (χ2n) is 3.66. The molecule has 0 aromatic carbocycles. The number of nitrogens with one attached hydrogen (secondary N) is 1. The summed E-state index contributed by atoms with van der Waals surface area (Å²) in [7, 11) is 1.87. The number of anilines is 1. The van der Waals surface area contributed by atoms with E-state index in [0.29, 0.717) is 0 Å². The van der Waals surface area contributed by atoms with Crippen molar-refractivity contribution >= 4 is 28.8 Å². The minimum atomic E-state index is 0.751. The Kier molecular flexibility index (Phi) is 3.64. The predicted octanol–water partition coefficient (Wildman–Crippen LogP) is 3.77. The van der Waals surface area contributed by atoms with Gasteiger partial charge < -0.3 is 5.32 Å². The molecule has 0 amide bonds. The number of hydrogen-bond acceptors (Lipinski definition) is 4. The van der Waals surface area contributed by atoms with Crippen LogP contribution in [0, 0.1) is 6.92 Å². The van der Waals surface area contributed by atoms with Crippen LogP contribution in [0.4, 0.5) is 5.82 Å². The zero-order chi connectivity index (χ0) is 12.4. The van der Waals surface area contributed by atoms with Crippen LogP contribution in [0.25, 0.3) is 10.6 Å². The number of aryl methyl sites for hydroxylation is 1. The van der Waals surface area contributed by atoms with Crippen molar-refractivity contribution in [3.8, 4) is 10.6 Å². The summed E-state index contributed by atoms with van der Waals surface area (Å²) in [5.41, 5.74) is 1.97. The van der Waals surface area contributed by atoms with E-state index >= 15 is 0 Å². The highest BCUT2D eigenvalue weighted by atomic mass is 35.5. The van der Waals surface area contributed by atoms with Crippen LogP contribution in [0.5, 0.6) is 0 Å². The minimum absolute atomic E-state index is 0.751. The predicted molar refractivity (Wildman–Crippen MR) is 74.0 cm³/mol. The van der Waals surface area contributed by atoms with Crippen LogP contribution in [0.3, 0.4) is 0 Å². The largest absolute Gasteiger partial charge is 0.373 e. The number of aromatic nitrogens is 2. The molecule has 0 aliphatic rings. The van der Waals surface area contributed by atoms with Gasteiger partial charge in [-0.2, -0.15) is 0 Å². The van der Waals surface area contributed by atoms with Crippen LogP contribution in [-0.2, 0) is 6.42 Å². The van der Waals surface area contributed by atoms with E-state index in [1.54, 1.807) is 11.3 Å². The highest BCUT2D eigenvalue weighted by Gasteiger charge is 2.14. The van der Waals surface area contributed by atoms with Crippen LogP contribution in [0.2, 0.25) is 5.02 Å². The molecule has 0 saturated heterocycles. The van der Waals surface area contributed by atoms with Crippen molar-refractivity contribution in [3.05, 3.63) is 27.9 Å². The SMILES string of the molecule is CCc1nc(NC)c(C)c(-c2sccc2Cl)n1. The third kappa shape index (κ3) is 2.28. The van der Waals surface area contributed by atoms with Gasteiger partial charge in [0.2, 0.25) is 0 Å². The molecule has 90 valence electrons. The Hall–Kier alpha value is -1.13. The second-order valence-corrected chi connectivity index (χ2v) is 4.99. The minimum Gasteiger partial charge on any atom is -0.373 e. The van der Waals surface area contributed by atoms with Crippen LogP contribution in [0.15, 0.2) is 11.4 Å². The number of nitrogens with zero attached hydrogens (tertiary/aromatic N) is 2. The van der Waals surface area contributed by atoms with Gasteiger partial charge in [-0.1, -0.05) is 18.5 Å². The summed E-state index contributed by atoms with van der Waals surface area (Å²) in [5, 5.41) is 5.83. The highest BCUT2D eigenvalue weighted by molar-refractivity contribution is 7.14. The third-order valence-corrected chi connectivity index (χ3v) is 3.93. The van der Waals surface area contributed by atoms with Crippen molar-refractivity contribution in [2.45, 2.75) is 20.3 Å². The van der Waals surface area contributed by atoms with Gasteiger partial charge in [0.1, 0.15) is 11.6 Å². The zero-order valence-electron chi connectivity index (χ0n) is 10.0. The molecule has 0 spiro atoms. The van der Waals surface area contributed by atoms with E-state index in [1.807, 2.05) is 32.3 Å². The molecule has 0 aliphatic carbocycles. The molecular weight excluding hydrogens is 254 g/mol. The summed E-state index contributed by atoms with van der Waals surface area (Å²) in [4.78, 5) is 10.0. The fraction of sp³-hybridized carbons (Fsp3) is 0.333.